The Morgan fingerprint density at radius 2 is 2.22 bits per heavy atom. The van der Waals surface area contributed by atoms with E-state index in [4.69, 9.17) is 4.74 Å². The molecule has 1 heterocycles. The molecule has 0 bridgehead atoms. The number of para-hydroxylation sites is 1. The number of benzene rings is 1. The number of rotatable bonds is 4. The standard InChI is InChI=1S/C12H14N4O2/c1-4-9-6-5-7-10(12(9)18-3)16-11(8-17)15(2)13-14-16/h4-8,11H,1H2,2-3H3. The highest BCUT2D eigenvalue weighted by Gasteiger charge is 2.30. The van der Waals surface area contributed by atoms with E-state index < -0.39 is 6.17 Å². The average molecular weight is 246 g/mol. The van der Waals surface area contributed by atoms with Gasteiger partial charge in [-0.1, -0.05) is 30.0 Å². The summed E-state index contributed by atoms with van der Waals surface area (Å²) in [5.41, 5.74) is 1.52. The molecule has 1 aromatic rings. The third-order valence-electron chi connectivity index (χ3n) is 2.73. The number of ether oxygens (including phenoxy) is 1. The Morgan fingerprint density at radius 1 is 1.44 bits per heavy atom. The summed E-state index contributed by atoms with van der Waals surface area (Å²) in [5.74, 6) is 0.619. The summed E-state index contributed by atoms with van der Waals surface area (Å²) < 4.78 is 5.36. The van der Waals surface area contributed by atoms with E-state index >= 15 is 0 Å². The molecule has 1 aliphatic heterocycles. The fourth-order valence-electron chi connectivity index (χ4n) is 1.81. The third kappa shape index (κ3) is 1.81. The maximum absolute atomic E-state index is 11.1. The molecule has 0 aliphatic carbocycles. The first-order valence-electron chi connectivity index (χ1n) is 5.41. The Kier molecular flexibility index (Phi) is 3.27. The van der Waals surface area contributed by atoms with Gasteiger partial charge in [-0.15, -0.1) is 0 Å². The Bertz CT molecular complexity index is 501. The van der Waals surface area contributed by atoms with Crippen molar-refractivity contribution in [1.82, 2.24) is 5.01 Å². The van der Waals surface area contributed by atoms with Crippen LogP contribution in [0.2, 0.25) is 0 Å². The number of aldehydes is 1. The monoisotopic (exact) mass is 246 g/mol. The zero-order valence-electron chi connectivity index (χ0n) is 10.3. The molecule has 0 N–H and O–H groups in total. The van der Waals surface area contributed by atoms with E-state index in [1.807, 2.05) is 18.2 Å². The van der Waals surface area contributed by atoms with Crippen LogP contribution in [0.5, 0.6) is 5.75 Å². The topological polar surface area (TPSA) is 57.5 Å². The average Bonchev–Trinajstić information content (AvgIpc) is 2.78. The van der Waals surface area contributed by atoms with Gasteiger partial charge in [-0.05, 0) is 11.3 Å². The van der Waals surface area contributed by atoms with E-state index in [1.165, 1.54) is 10.0 Å². The Hall–Kier alpha value is -2.37. The van der Waals surface area contributed by atoms with Gasteiger partial charge in [-0.2, -0.15) is 0 Å². The molecule has 1 aliphatic rings. The molecule has 0 radical (unpaired) electrons. The van der Waals surface area contributed by atoms with E-state index in [0.717, 1.165) is 11.8 Å². The second kappa shape index (κ2) is 4.87. The zero-order chi connectivity index (χ0) is 13.1. The lowest BCUT2D eigenvalue weighted by Gasteiger charge is -2.23. The highest BCUT2D eigenvalue weighted by molar-refractivity contribution is 5.73. The summed E-state index contributed by atoms with van der Waals surface area (Å²) >= 11 is 0. The van der Waals surface area contributed by atoms with Crippen molar-refractivity contribution in [3.8, 4) is 5.75 Å². The first kappa shape index (κ1) is 12.1. The molecule has 0 spiro atoms. The van der Waals surface area contributed by atoms with E-state index in [0.29, 0.717) is 11.4 Å². The normalized spacial score (nSPS) is 18.0. The van der Waals surface area contributed by atoms with Crippen molar-refractivity contribution in [3.05, 3.63) is 30.3 Å². The van der Waals surface area contributed by atoms with Crippen LogP contribution in [0.4, 0.5) is 5.69 Å². The van der Waals surface area contributed by atoms with Crippen molar-refractivity contribution in [2.75, 3.05) is 19.2 Å². The lowest BCUT2D eigenvalue weighted by atomic mass is 10.1. The van der Waals surface area contributed by atoms with Gasteiger partial charge in [0.25, 0.3) is 0 Å². The molecule has 2 rings (SSSR count). The summed E-state index contributed by atoms with van der Waals surface area (Å²) in [4.78, 5) is 11.1. The number of hydrogen-bond acceptors (Lipinski definition) is 6. The van der Waals surface area contributed by atoms with Crippen LogP contribution in [-0.2, 0) is 4.79 Å². The van der Waals surface area contributed by atoms with Crippen LogP contribution in [0, 0.1) is 0 Å². The zero-order valence-corrected chi connectivity index (χ0v) is 10.3. The molecule has 1 aromatic carbocycles. The van der Waals surface area contributed by atoms with Crippen LogP contribution < -0.4 is 9.75 Å². The molecular formula is C12H14N4O2. The fourth-order valence-corrected chi connectivity index (χ4v) is 1.81. The highest BCUT2D eigenvalue weighted by atomic mass is 16.5. The van der Waals surface area contributed by atoms with Crippen LogP contribution in [0.3, 0.4) is 0 Å². The highest BCUT2D eigenvalue weighted by Crippen LogP contribution is 2.35. The molecule has 0 amide bonds. The Labute approximate surface area is 105 Å². The van der Waals surface area contributed by atoms with Gasteiger partial charge in [-0.25, -0.2) is 10.0 Å². The van der Waals surface area contributed by atoms with Gasteiger partial charge in [-0.3, -0.25) is 4.79 Å². The van der Waals surface area contributed by atoms with Crippen LogP contribution in [0.25, 0.3) is 6.08 Å². The second-order valence-electron chi connectivity index (χ2n) is 3.75. The summed E-state index contributed by atoms with van der Waals surface area (Å²) in [7, 11) is 3.26. The predicted octanol–water partition coefficient (Wildman–Crippen LogP) is 1.90. The number of carbonyl (C=O) groups is 1. The lowest BCUT2D eigenvalue weighted by molar-refractivity contribution is -0.111. The Morgan fingerprint density at radius 3 is 2.83 bits per heavy atom. The van der Waals surface area contributed by atoms with Gasteiger partial charge in [0, 0.05) is 12.6 Å². The maximum Gasteiger partial charge on any atom is 0.197 e. The van der Waals surface area contributed by atoms with Crippen molar-refractivity contribution in [2.24, 2.45) is 10.4 Å². The minimum absolute atomic E-state index is 0.557. The predicted molar refractivity (Wildman–Crippen MR) is 68.0 cm³/mol. The molecule has 0 saturated carbocycles. The maximum atomic E-state index is 11.1. The number of likely N-dealkylation sites (N-methyl/N-ethyl adjacent to an activating group) is 1. The molecule has 6 heteroatoms. The minimum Gasteiger partial charge on any atom is -0.494 e. The van der Waals surface area contributed by atoms with Crippen LogP contribution in [-0.4, -0.2) is 31.6 Å². The van der Waals surface area contributed by atoms with Crippen LogP contribution in [0.1, 0.15) is 5.56 Å². The van der Waals surface area contributed by atoms with E-state index in [-0.39, 0.29) is 0 Å². The molecule has 0 fully saturated rings. The quantitative estimate of drug-likeness (QED) is 0.761. The number of anilines is 1. The molecule has 1 atom stereocenters. The van der Waals surface area contributed by atoms with Crippen molar-refractivity contribution < 1.29 is 9.53 Å². The van der Waals surface area contributed by atoms with E-state index in [2.05, 4.69) is 17.0 Å². The molecular weight excluding hydrogens is 232 g/mol. The van der Waals surface area contributed by atoms with Gasteiger partial charge in [0.2, 0.25) is 0 Å². The Balaban J connectivity index is 2.48. The van der Waals surface area contributed by atoms with Gasteiger partial charge in [0.15, 0.2) is 18.2 Å². The molecule has 18 heavy (non-hydrogen) atoms. The fraction of sp³-hybridized carbons (Fsp3) is 0.250. The summed E-state index contributed by atoms with van der Waals surface area (Å²) in [5, 5.41) is 10.8. The van der Waals surface area contributed by atoms with Crippen molar-refractivity contribution in [3.63, 3.8) is 0 Å². The first-order chi connectivity index (χ1) is 8.72. The second-order valence-corrected chi connectivity index (χ2v) is 3.75. The molecule has 94 valence electrons. The SMILES string of the molecule is C=Cc1cccc(N2N=NN(C)C2C=O)c1OC. The van der Waals surface area contributed by atoms with Gasteiger partial charge in [0.05, 0.1) is 7.11 Å². The van der Waals surface area contributed by atoms with Crippen molar-refractivity contribution in [2.45, 2.75) is 6.17 Å². The van der Waals surface area contributed by atoms with Crippen LogP contribution in [0.15, 0.2) is 35.2 Å². The molecule has 0 aromatic heterocycles. The lowest BCUT2D eigenvalue weighted by Crippen LogP contribution is -2.37. The smallest absolute Gasteiger partial charge is 0.197 e. The molecule has 0 saturated heterocycles. The van der Waals surface area contributed by atoms with E-state index in [1.54, 1.807) is 20.2 Å². The molecule has 6 nitrogen and oxygen atoms in total. The van der Waals surface area contributed by atoms with Gasteiger partial charge < -0.3 is 4.74 Å². The van der Waals surface area contributed by atoms with Crippen molar-refractivity contribution in [1.29, 1.82) is 0 Å². The van der Waals surface area contributed by atoms with E-state index in [9.17, 15) is 4.79 Å². The number of nitrogens with zero attached hydrogens (tertiary/aromatic N) is 4. The summed E-state index contributed by atoms with van der Waals surface area (Å²) in [6.45, 7) is 3.73. The summed E-state index contributed by atoms with van der Waals surface area (Å²) in [6.07, 6.45) is 1.91. The summed E-state index contributed by atoms with van der Waals surface area (Å²) in [6, 6.07) is 5.55. The minimum atomic E-state index is -0.557. The van der Waals surface area contributed by atoms with Gasteiger partial charge >= 0.3 is 0 Å². The first-order valence-corrected chi connectivity index (χ1v) is 5.41. The van der Waals surface area contributed by atoms with Crippen molar-refractivity contribution >= 4 is 18.0 Å². The largest absolute Gasteiger partial charge is 0.494 e. The number of methoxy groups -OCH3 is 1. The number of carbonyl (C=O) groups excluding carboxylic acids is 1. The van der Waals surface area contributed by atoms with Crippen LogP contribution >= 0.6 is 0 Å². The third-order valence-corrected chi connectivity index (χ3v) is 2.73. The van der Waals surface area contributed by atoms with Gasteiger partial charge in [0.1, 0.15) is 5.69 Å². The number of hydrogen-bond donors (Lipinski definition) is 0. The molecule has 1 unspecified atom stereocenters.